The van der Waals surface area contributed by atoms with Crippen LogP contribution in [-0.2, 0) is 0 Å². The Balaban J connectivity index is 2.28. The van der Waals surface area contributed by atoms with Gasteiger partial charge in [0.2, 0.25) is 0 Å². The first kappa shape index (κ1) is 16.4. The fraction of sp³-hybridized carbons (Fsp3) is 0.444. The summed E-state index contributed by atoms with van der Waals surface area (Å²) in [5, 5.41) is 12.0. The van der Waals surface area contributed by atoms with Crippen LogP contribution >= 0.6 is 0 Å². The van der Waals surface area contributed by atoms with E-state index in [1.54, 1.807) is 12.1 Å². The van der Waals surface area contributed by atoms with Gasteiger partial charge in [0.05, 0.1) is 11.7 Å². The van der Waals surface area contributed by atoms with Crippen molar-refractivity contribution in [2.45, 2.75) is 53.5 Å². The maximum atomic E-state index is 13.4. The fourth-order valence-corrected chi connectivity index (χ4v) is 2.81. The summed E-state index contributed by atoms with van der Waals surface area (Å²) < 4.78 is 13.4. The highest BCUT2D eigenvalue weighted by Crippen LogP contribution is 2.27. The summed E-state index contributed by atoms with van der Waals surface area (Å²) in [6.45, 7) is 12.2. The Bertz CT molecular complexity index is 657. The van der Waals surface area contributed by atoms with Crippen LogP contribution in [0.2, 0.25) is 0 Å². The minimum atomic E-state index is -0.191. The normalized spacial score (nSPS) is 12.5. The quantitative estimate of drug-likeness (QED) is 0.878. The van der Waals surface area contributed by atoms with Crippen molar-refractivity contribution in [3.8, 4) is 0 Å². The predicted octanol–water partition coefficient (Wildman–Crippen LogP) is 4.84. The van der Waals surface area contributed by atoms with E-state index in [9.17, 15) is 4.39 Å². The highest BCUT2D eigenvalue weighted by molar-refractivity contribution is 5.47. The van der Waals surface area contributed by atoms with E-state index in [0.717, 1.165) is 33.8 Å². The van der Waals surface area contributed by atoms with Crippen LogP contribution < -0.4 is 5.32 Å². The number of benzene rings is 1. The minimum absolute atomic E-state index is 0.0403. The van der Waals surface area contributed by atoms with Crippen molar-refractivity contribution in [2.24, 2.45) is 0 Å². The molecule has 0 aliphatic carbocycles. The number of hydrogen-bond acceptors (Lipinski definition) is 3. The van der Waals surface area contributed by atoms with Crippen molar-refractivity contribution in [3.05, 3.63) is 52.0 Å². The Kier molecular flexibility index (Phi) is 4.79. The number of aryl methyl sites for hydroxylation is 3. The molecule has 1 N–H and O–H groups in total. The largest absolute Gasteiger partial charge is 0.362 e. The summed E-state index contributed by atoms with van der Waals surface area (Å²) in [5.74, 6) is 0.947. The van der Waals surface area contributed by atoms with Gasteiger partial charge in [0.1, 0.15) is 5.82 Å². The zero-order valence-electron chi connectivity index (χ0n) is 14.2. The second kappa shape index (κ2) is 6.42. The molecule has 0 amide bonds. The number of hydrogen-bond donors (Lipinski definition) is 1. The topological polar surface area (TPSA) is 37.8 Å². The molecule has 0 saturated heterocycles. The smallest absolute Gasteiger partial charge is 0.152 e. The van der Waals surface area contributed by atoms with E-state index < -0.39 is 0 Å². The molecule has 0 radical (unpaired) electrons. The molecule has 2 aromatic rings. The Hall–Kier alpha value is -1.97. The predicted molar refractivity (Wildman–Crippen MR) is 88.8 cm³/mol. The molecule has 0 aliphatic rings. The molecule has 0 fully saturated rings. The molecule has 4 heteroatoms. The van der Waals surface area contributed by atoms with Gasteiger partial charge in [-0.2, -0.15) is 5.10 Å². The van der Waals surface area contributed by atoms with Crippen molar-refractivity contribution in [2.75, 3.05) is 5.32 Å². The molecule has 1 aromatic heterocycles. The Morgan fingerprint density at radius 2 is 1.50 bits per heavy atom. The number of halogens is 1. The molecule has 0 spiro atoms. The lowest BCUT2D eigenvalue weighted by Crippen LogP contribution is -2.13. The summed E-state index contributed by atoms with van der Waals surface area (Å²) in [6, 6.07) is 5.25. The lowest BCUT2D eigenvalue weighted by Gasteiger charge is -2.21. The second-order valence-corrected chi connectivity index (χ2v) is 6.27. The van der Waals surface area contributed by atoms with Gasteiger partial charge < -0.3 is 5.32 Å². The lowest BCUT2D eigenvalue weighted by molar-refractivity contribution is 0.623. The monoisotopic (exact) mass is 301 g/mol. The highest BCUT2D eigenvalue weighted by atomic mass is 19.1. The van der Waals surface area contributed by atoms with Crippen LogP contribution in [0.4, 0.5) is 10.2 Å². The van der Waals surface area contributed by atoms with Crippen LogP contribution in [0.1, 0.15) is 60.7 Å². The van der Waals surface area contributed by atoms with Crippen LogP contribution in [0.3, 0.4) is 0 Å². The maximum absolute atomic E-state index is 13.4. The molecule has 0 saturated carbocycles. The van der Waals surface area contributed by atoms with Gasteiger partial charge in [0.25, 0.3) is 0 Å². The average Bonchev–Trinajstić information content (AvgIpc) is 2.39. The van der Waals surface area contributed by atoms with Gasteiger partial charge in [-0.3, -0.25) is 0 Å². The Labute approximate surface area is 132 Å². The zero-order chi connectivity index (χ0) is 16.4. The number of aromatic nitrogens is 2. The first-order valence-corrected chi connectivity index (χ1v) is 7.67. The van der Waals surface area contributed by atoms with Gasteiger partial charge in [-0.15, -0.1) is 5.10 Å². The third-order valence-corrected chi connectivity index (χ3v) is 3.94. The number of anilines is 1. The number of nitrogens with zero attached hydrogens (tertiary/aromatic N) is 2. The SMILES string of the molecule is Cc1cc(C(C)C)nnc1N[C@@H](C)c1c(C)cc(F)cc1C. The van der Waals surface area contributed by atoms with E-state index in [0.29, 0.717) is 5.92 Å². The maximum Gasteiger partial charge on any atom is 0.152 e. The third kappa shape index (κ3) is 3.43. The number of rotatable bonds is 4. The Morgan fingerprint density at radius 3 is 2.00 bits per heavy atom. The van der Waals surface area contributed by atoms with E-state index in [-0.39, 0.29) is 11.9 Å². The first-order chi connectivity index (χ1) is 10.3. The molecule has 1 atom stereocenters. The molecule has 0 bridgehead atoms. The lowest BCUT2D eigenvalue weighted by atomic mass is 9.96. The van der Waals surface area contributed by atoms with E-state index in [1.165, 1.54) is 0 Å². The van der Waals surface area contributed by atoms with E-state index in [4.69, 9.17) is 0 Å². The molecule has 0 unspecified atom stereocenters. The molecule has 3 nitrogen and oxygen atoms in total. The summed E-state index contributed by atoms with van der Waals surface area (Å²) in [7, 11) is 0. The van der Waals surface area contributed by atoms with Crippen molar-refractivity contribution < 1.29 is 4.39 Å². The molecule has 0 aliphatic heterocycles. The molecular formula is C18H24FN3. The van der Waals surface area contributed by atoms with Gasteiger partial charge in [0, 0.05) is 0 Å². The van der Waals surface area contributed by atoms with Gasteiger partial charge in [-0.1, -0.05) is 13.8 Å². The molecule has 1 heterocycles. The van der Waals surface area contributed by atoms with Crippen LogP contribution in [0.25, 0.3) is 0 Å². The fourth-order valence-electron chi connectivity index (χ4n) is 2.81. The van der Waals surface area contributed by atoms with Gasteiger partial charge in [0.15, 0.2) is 5.82 Å². The van der Waals surface area contributed by atoms with E-state index in [1.807, 2.05) is 20.8 Å². The summed E-state index contributed by atoms with van der Waals surface area (Å²) in [6.07, 6.45) is 0. The van der Waals surface area contributed by atoms with Gasteiger partial charge in [-0.25, -0.2) is 4.39 Å². The first-order valence-electron chi connectivity index (χ1n) is 7.67. The molecule has 118 valence electrons. The van der Waals surface area contributed by atoms with Gasteiger partial charge in [-0.05, 0) is 74.1 Å². The third-order valence-electron chi connectivity index (χ3n) is 3.94. The van der Waals surface area contributed by atoms with Gasteiger partial charge >= 0.3 is 0 Å². The summed E-state index contributed by atoms with van der Waals surface area (Å²) in [4.78, 5) is 0. The van der Waals surface area contributed by atoms with E-state index >= 15 is 0 Å². The van der Waals surface area contributed by atoms with Crippen molar-refractivity contribution in [1.29, 1.82) is 0 Å². The Morgan fingerprint density at radius 1 is 0.909 bits per heavy atom. The number of nitrogens with one attached hydrogen (secondary N) is 1. The molecular weight excluding hydrogens is 277 g/mol. The zero-order valence-corrected chi connectivity index (χ0v) is 14.2. The summed E-state index contributed by atoms with van der Waals surface area (Å²) in [5.41, 5.74) is 5.06. The van der Waals surface area contributed by atoms with Crippen LogP contribution in [0.15, 0.2) is 18.2 Å². The molecule has 22 heavy (non-hydrogen) atoms. The minimum Gasteiger partial charge on any atom is -0.362 e. The summed E-state index contributed by atoms with van der Waals surface area (Å²) >= 11 is 0. The van der Waals surface area contributed by atoms with Crippen LogP contribution in [0, 0.1) is 26.6 Å². The van der Waals surface area contributed by atoms with Crippen molar-refractivity contribution in [3.63, 3.8) is 0 Å². The van der Waals surface area contributed by atoms with Crippen LogP contribution in [-0.4, -0.2) is 10.2 Å². The van der Waals surface area contributed by atoms with Crippen molar-refractivity contribution in [1.82, 2.24) is 10.2 Å². The molecule has 2 rings (SSSR count). The van der Waals surface area contributed by atoms with Crippen LogP contribution in [0.5, 0.6) is 0 Å². The molecule has 1 aromatic carbocycles. The van der Waals surface area contributed by atoms with E-state index in [2.05, 4.69) is 42.4 Å². The van der Waals surface area contributed by atoms with Crippen molar-refractivity contribution >= 4 is 5.82 Å². The average molecular weight is 301 g/mol. The highest BCUT2D eigenvalue weighted by Gasteiger charge is 2.15. The standard InChI is InChI=1S/C18H24FN3/c1-10(2)16-9-13(5)18(22-21-16)20-14(6)17-11(3)7-15(19)8-12(17)4/h7-10,14H,1-6H3,(H,20,22)/t14-/m0/s1. The second-order valence-electron chi connectivity index (χ2n) is 6.27.